The van der Waals surface area contributed by atoms with Crippen molar-refractivity contribution < 1.29 is 45.3 Å². The average Bonchev–Trinajstić information content (AvgIpc) is 3.10. The average molecular weight is 473 g/mol. The molecule has 5 aliphatic rings. The molecule has 1 aliphatic heterocycles. The third-order valence-corrected chi connectivity index (χ3v) is 9.92. The van der Waals surface area contributed by atoms with Gasteiger partial charge < -0.3 is 35.0 Å². The first-order valence-corrected chi connectivity index (χ1v) is 12.3. The Balaban J connectivity index is 1.42. The SMILES string of the molecule is [2H]C1([2H])C[C@]2(C)[C@H]3CC[C@]4(C)[C@@H](O)CC[C@H]4[C@@H]3CC[C@H]2C([2H])([2H])[C@@H]1O[C@@H]1O[C@H](C(=O)O)[C@@H](O)[C@H](O)[C@H]1O. The van der Waals surface area contributed by atoms with Gasteiger partial charge in [0, 0.05) is 5.48 Å². The number of carbonyl (C=O) groups is 1. The number of aliphatic hydroxyl groups is 4. The highest BCUT2D eigenvalue weighted by Gasteiger charge is 2.60. The number of rotatable bonds is 3. The third-order valence-electron chi connectivity index (χ3n) is 9.92. The zero-order valence-corrected chi connectivity index (χ0v) is 19.3. The summed E-state index contributed by atoms with van der Waals surface area (Å²) in [6.07, 6.45) is -11.2. The summed E-state index contributed by atoms with van der Waals surface area (Å²) in [7, 11) is 0. The maximum absolute atomic E-state index is 11.5. The summed E-state index contributed by atoms with van der Waals surface area (Å²) in [5.41, 5.74) is -0.806. The second-order valence-corrected chi connectivity index (χ2v) is 11.4. The molecule has 0 aromatic rings. The molecule has 188 valence electrons. The molecule has 33 heavy (non-hydrogen) atoms. The number of carboxylic acids is 1. The fraction of sp³-hybridized carbons (Fsp3) is 0.960. The molecular formula is C25H40O8. The molecule has 5 N–H and O–H groups in total. The standard InChI is InChI=1S/C25H40O8/c1-24-9-7-13(32-23-20(29)18(27)19(28)21(33-23)22(30)31)11-12(24)3-4-14-15-5-6-17(26)25(15,2)10-8-16(14)24/h12-21,23,26-29H,3-11H2,1-2H3,(H,30,31)/t12-,13+,14-,15-,16-,17-,18-,19-,20+,21-,23+,24-,25-/m0/s1/i7D2,11D2. The summed E-state index contributed by atoms with van der Waals surface area (Å²) in [4.78, 5) is 11.5. The second kappa shape index (κ2) is 8.42. The highest BCUT2D eigenvalue weighted by atomic mass is 16.7. The van der Waals surface area contributed by atoms with E-state index in [0.717, 1.165) is 32.1 Å². The Morgan fingerprint density at radius 2 is 1.67 bits per heavy atom. The molecule has 0 bridgehead atoms. The van der Waals surface area contributed by atoms with Gasteiger partial charge in [0.25, 0.3) is 0 Å². The molecule has 1 heterocycles. The Bertz CT molecular complexity index is 921. The van der Waals surface area contributed by atoms with Gasteiger partial charge in [-0.2, -0.15) is 0 Å². The molecule has 0 unspecified atom stereocenters. The van der Waals surface area contributed by atoms with Gasteiger partial charge in [-0.3, -0.25) is 0 Å². The van der Waals surface area contributed by atoms with Crippen molar-refractivity contribution in [2.45, 2.75) is 114 Å². The van der Waals surface area contributed by atoms with Crippen LogP contribution in [0.1, 0.15) is 77.0 Å². The number of ether oxygens (including phenoxy) is 2. The largest absolute Gasteiger partial charge is 0.479 e. The topological polar surface area (TPSA) is 137 Å². The minimum Gasteiger partial charge on any atom is -0.479 e. The van der Waals surface area contributed by atoms with Crippen LogP contribution in [-0.4, -0.2) is 74.4 Å². The molecular weight excluding hydrogens is 428 g/mol. The van der Waals surface area contributed by atoms with Crippen LogP contribution in [0.25, 0.3) is 0 Å². The lowest BCUT2D eigenvalue weighted by molar-refractivity contribution is -0.309. The van der Waals surface area contributed by atoms with E-state index in [2.05, 4.69) is 6.92 Å². The van der Waals surface area contributed by atoms with Crippen molar-refractivity contribution in [3.63, 3.8) is 0 Å². The van der Waals surface area contributed by atoms with Crippen molar-refractivity contribution in [1.29, 1.82) is 0 Å². The molecule has 8 heteroatoms. The van der Waals surface area contributed by atoms with E-state index in [1.54, 1.807) is 0 Å². The van der Waals surface area contributed by atoms with Crippen LogP contribution >= 0.6 is 0 Å². The number of aliphatic hydroxyl groups excluding tert-OH is 4. The van der Waals surface area contributed by atoms with E-state index >= 15 is 0 Å². The molecule has 0 radical (unpaired) electrons. The number of aliphatic carboxylic acids is 1. The molecule has 5 fully saturated rings. The summed E-state index contributed by atoms with van der Waals surface area (Å²) in [5, 5.41) is 50.6. The molecule has 13 atom stereocenters. The molecule has 0 amide bonds. The van der Waals surface area contributed by atoms with E-state index in [-0.39, 0.29) is 29.8 Å². The molecule has 0 spiro atoms. The van der Waals surface area contributed by atoms with Crippen molar-refractivity contribution in [3.05, 3.63) is 0 Å². The number of fused-ring (bicyclic) bond motifs is 5. The quantitative estimate of drug-likeness (QED) is 0.391. The lowest BCUT2D eigenvalue weighted by Crippen LogP contribution is -2.61. The maximum Gasteiger partial charge on any atom is 0.335 e. The van der Waals surface area contributed by atoms with E-state index in [0.29, 0.717) is 12.3 Å². The van der Waals surface area contributed by atoms with Gasteiger partial charge in [0.1, 0.15) is 18.3 Å². The van der Waals surface area contributed by atoms with E-state index in [1.807, 2.05) is 6.92 Å². The first-order valence-electron chi connectivity index (χ1n) is 14.3. The summed E-state index contributed by atoms with van der Waals surface area (Å²) in [6, 6.07) is 0. The monoisotopic (exact) mass is 472 g/mol. The molecule has 4 aliphatic carbocycles. The van der Waals surface area contributed by atoms with Gasteiger partial charge in [-0.15, -0.1) is 0 Å². The van der Waals surface area contributed by atoms with Crippen molar-refractivity contribution in [2.75, 3.05) is 0 Å². The van der Waals surface area contributed by atoms with Gasteiger partial charge in [-0.1, -0.05) is 13.8 Å². The number of carboxylic acid groups (broad SMARTS) is 1. The normalized spacial score (nSPS) is 61.3. The Morgan fingerprint density at radius 3 is 2.39 bits per heavy atom. The van der Waals surface area contributed by atoms with Crippen molar-refractivity contribution in [3.8, 4) is 0 Å². The van der Waals surface area contributed by atoms with Gasteiger partial charge in [0.2, 0.25) is 0 Å². The van der Waals surface area contributed by atoms with Crippen LogP contribution in [0.5, 0.6) is 0 Å². The predicted octanol–water partition coefficient (Wildman–Crippen LogP) is 1.67. The van der Waals surface area contributed by atoms with Crippen LogP contribution in [0.3, 0.4) is 0 Å². The van der Waals surface area contributed by atoms with E-state index in [1.165, 1.54) is 0 Å². The van der Waals surface area contributed by atoms with Crippen LogP contribution in [0.15, 0.2) is 0 Å². The highest BCUT2D eigenvalue weighted by Crippen LogP contribution is 2.66. The first-order chi connectivity index (χ1) is 17.1. The fourth-order valence-corrected chi connectivity index (χ4v) is 7.90. The van der Waals surface area contributed by atoms with Gasteiger partial charge in [0.05, 0.1) is 12.2 Å². The summed E-state index contributed by atoms with van der Waals surface area (Å²) < 4.78 is 47.0. The van der Waals surface area contributed by atoms with Crippen molar-refractivity contribution in [1.82, 2.24) is 0 Å². The van der Waals surface area contributed by atoms with E-state index in [9.17, 15) is 30.3 Å². The van der Waals surface area contributed by atoms with Gasteiger partial charge in [-0.25, -0.2) is 4.79 Å². The second-order valence-electron chi connectivity index (χ2n) is 11.4. The minimum atomic E-state index is -2.19. The smallest absolute Gasteiger partial charge is 0.335 e. The third kappa shape index (κ3) is 3.67. The lowest BCUT2D eigenvalue weighted by atomic mass is 9.45. The first kappa shape index (κ1) is 19.4. The zero-order valence-electron chi connectivity index (χ0n) is 23.3. The van der Waals surface area contributed by atoms with Gasteiger partial charge in [-0.05, 0) is 92.2 Å². The van der Waals surface area contributed by atoms with Crippen LogP contribution in [0, 0.1) is 34.5 Å². The van der Waals surface area contributed by atoms with E-state index in [4.69, 9.17) is 15.0 Å². The van der Waals surface area contributed by atoms with Crippen LogP contribution in [0.2, 0.25) is 0 Å². The Hall–Kier alpha value is -0.770. The predicted molar refractivity (Wildman–Crippen MR) is 117 cm³/mol. The van der Waals surface area contributed by atoms with Crippen molar-refractivity contribution >= 4 is 5.97 Å². The lowest BCUT2D eigenvalue weighted by Gasteiger charge is -2.61. The van der Waals surface area contributed by atoms with Crippen molar-refractivity contribution in [2.24, 2.45) is 34.5 Å². The van der Waals surface area contributed by atoms with Crippen LogP contribution < -0.4 is 0 Å². The summed E-state index contributed by atoms with van der Waals surface area (Å²) in [5.74, 6) is -1.41. The molecule has 8 nitrogen and oxygen atoms in total. The van der Waals surface area contributed by atoms with E-state index < -0.39 is 66.9 Å². The van der Waals surface area contributed by atoms with Crippen LogP contribution in [0.4, 0.5) is 0 Å². The molecule has 1 saturated heterocycles. The number of hydrogen-bond donors (Lipinski definition) is 5. The summed E-state index contributed by atoms with van der Waals surface area (Å²) >= 11 is 0. The van der Waals surface area contributed by atoms with Gasteiger partial charge in [0.15, 0.2) is 12.4 Å². The molecule has 5 rings (SSSR count). The molecule has 4 saturated carbocycles. The Morgan fingerprint density at radius 1 is 0.939 bits per heavy atom. The molecule has 0 aromatic heterocycles. The summed E-state index contributed by atoms with van der Waals surface area (Å²) in [6.45, 7) is 4.15. The highest BCUT2D eigenvalue weighted by molar-refractivity contribution is 5.73. The maximum atomic E-state index is 11.5. The van der Waals surface area contributed by atoms with Gasteiger partial charge >= 0.3 is 5.97 Å². The van der Waals surface area contributed by atoms with Crippen LogP contribution in [-0.2, 0) is 14.3 Å². The Labute approximate surface area is 200 Å². The zero-order chi connectivity index (χ0) is 27.3. The Kier molecular flexibility index (Phi) is 4.95. The molecule has 0 aromatic carbocycles. The minimum absolute atomic E-state index is 0.0261. The fourth-order valence-electron chi connectivity index (χ4n) is 7.90. The number of hydrogen-bond acceptors (Lipinski definition) is 7.